The summed E-state index contributed by atoms with van der Waals surface area (Å²) in [6, 6.07) is 4.36. The average Bonchev–Trinajstić information content (AvgIpc) is 2.90. The number of benzene rings is 1. The van der Waals surface area contributed by atoms with Gasteiger partial charge in [-0.2, -0.15) is 57.1 Å². The fourth-order valence-electron chi connectivity index (χ4n) is 2.88. The first-order valence-electron chi connectivity index (χ1n) is 7.42. The number of alkyl halides is 13. The van der Waals surface area contributed by atoms with E-state index in [-0.39, 0.29) is 11.1 Å². The van der Waals surface area contributed by atoms with Gasteiger partial charge in [-0.15, -0.1) is 0 Å². The summed E-state index contributed by atoms with van der Waals surface area (Å²) >= 11 is 0. The van der Waals surface area contributed by atoms with E-state index in [1.807, 2.05) is 0 Å². The molecule has 0 saturated carbocycles. The Morgan fingerprint density at radius 2 is 0.931 bits per heavy atom. The molecule has 0 saturated heterocycles. The third-order valence-electron chi connectivity index (χ3n) is 4.60. The Morgan fingerprint density at radius 1 is 0.586 bits per heavy atom. The van der Waals surface area contributed by atoms with Crippen molar-refractivity contribution in [3.8, 4) is 0 Å². The zero-order valence-corrected chi connectivity index (χ0v) is 13.6. The summed E-state index contributed by atoms with van der Waals surface area (Å²) in [5.41, 5.74) is -4.69. The fraction of sp³-hybridized carbons (Fsp3) is 0.600. The molecule has 0 fully saturated rings. The number of aliphatic hydroxyl groups is 1. The molecule has 0 spiro atoms. The zero-order valence-electron chi connectivity index (χ0n) is 13.6. The highest BCUT2D eigenvalue weighted by Crippen LogP contribution is 2.62. The minimum atomic E-state index is -7.98. The number of halogens is 13. The largest absolute Gasteiger partial charge is 0.460 e. The van der Waals surface area contributed by atoms with Crippen molar-refractivity contribution < 1.29 is 62.2 Å². The van der Waals surface area contributed by atoms with Crippen molar-refractivity contribution in [3.05, 3.63) is 35.4 Å². The lowest BCUT2D eigenvalue weighted by Gasteiger charge is -2.43. The quantitative estimate of drug-likeness (QED) is 0.605. The minimum Gasteiger partial charge on any atom is -0.383 e. The van der Waals surface area contributed by atoms with Gasteiger partial charge in [-0.3, -0.25) is 0 Å². The zero-order chi connectivity index (χ0) is 22.9. The molecule has 0 heterocycles. The second-order valence-corrected chi connectivity index (χ2v) is 6.52. The molecule has 1 aromatic carbocycles. The van der Waals surface area contributed by atoms with Gasteiger partial charge in [0.05, 0.1) is 0 Å². The molecule has 0 atom stereocenters. The normalized spacial score (nSPS) is 18.7. The molecule has 0 bridgehead atoms. The van der Waals surface area contributed by atoms with Gasteiger partial charge in [0.1, 0.15) is 5.60 Å². The van der Waals surface area contributed by atoms with Crippen molar-refractivity contribution in [1.29, 1.82) is 0 Å². The summed E-state index contributed by atoms with van der Waals surface area (Å²) in [7, 11) is 0. The Bertz CT molecular complexity index is 756. The summed E-state index contributed by atoms with van der Waals surface area (Å²) in [5.74, 6) is -37.7. The summed E-state index contributed by atoms with van der Waals surface area (Å²) in [6.45, 7) is 0. The smallest absolute Gasteiger partial charge is 0.383 e. The number of hydrogen-bond acceptors (Lipinski definition) is 1. The van der Waals surface area contributed by atoms with Gasteiger partial charge >= 0.3 is 35.8 Å². The van der Waals surface area contributed by atoms with Crippen molar-refractivity contribution in [2.45, 2.75) is 54.2 Å². The van der Waals surface area contributed by atoms with Crippen LogP contribution in [0.4, 0.5) is 57.1 Å². The SMILES string of the molecule is OC1(C(F)(F)C(F)(F)C(F)(F)C(F)(F)C(F)(F)C(F)(F)F)Cc2ccccc2C1. The second-order valence-electron chi connectivity index (χ2n) is 6.52. The molecular formula is C15H9F13O. The standard InChI is InChI=1S/C15H9F13O/c16-10(17,9(29)5-7-3-1-2-4-8(7)6-9)11(18,19)12(20,21)13(22,23)14(24,25)15(26,27)28/h1-4,29H,5-6H2. The highest BCUT2D eigenvalue weighted by Gasteiger charge is 2.92. The maximum absolute atomic E-state index is 14.2. The van der Waals surface area contributed by atoms with Crippen LogP contribution in [0.2, 0.25) is 0 Å². The van der Waals surface area contributed by atoms with Gasteiger partial charge in [0.15, 0.2) is 0 Å². The van der Waals surface area contributed by atoms with Gasteiger partial charge in [0.25, 0.3) is 0 Å². The number of hydrogen-bond donors (Lipinski definition) is 1. The van der Waals surface area contributed by atoms with E-state index in [9.17, 15) is 62.2 Å². The Balaban J connectivity index is 2.55. The van der Waals surface area contributed by atoms with Crippen molar-refractivity contribution in [2.75, 3.05) is 0 Å². The highest BCUT2D eigenvalue weighted by atomic mass is 19.4. The number of fused-ring (bicyclic) bond motifs is 1. The number of rotatable bonds is 5. The lowest BCUT2D eigenvalue weighted by molar-refractivity contribution is -0.449. The molecule has 0 unspecified atom stereocenters. The van der Waals surface area contributed by atoms with Crippen LogP contribution in [0.15, 0.2) is 24.3 Å². The van der Waals surface area contributed by atoms with E-state index in [2.05, 4.69) is 0 Å². The van der Waals surface area contributed by atoms with Gasteiger partial charge < -0.3 is 5.11 Å². The molecule has 166 valence electrons. The van der Waals surface area contributed by atoms with Gasteiger partial charge in [-0.1, -0.05) is 24.3 Å². The third-order valence-corrected chi connectivity index (χ3v) is 4.60. The van der Waals surface area contributed by atoms with Gasteiger partial charge in [-0.05, 0) is 11.1 Å². The fourth-order valence-corrected chi connectivity index (χ4v) is 2.88. The molecule has 0 radical (unpaired) electrons. The molecule has 1 aliphatic rings. The minimum absolute atomic E-state index is 0.263. The van der Waals surface area contributed by atoms with Crippen molar-refractivity contribution in [2.24, 2.45) is 0 Å². The van der Waals surface area contributed by atoms with Gasteiger partial charge in [0, 0.05) is 12.8 Å². The molecular weight excluding hydrogens is 443 g/mol. The van der Waals surface area contributed by atoms with E-state index < -0.39 is 54.2 Å². The lowest BCUT2D eigenvalue weighted by Crippen LogP contribution is -2.73. The summed E-state index contributed by atoms with van der Waals surface area (Å²) in [4.78, 5) is 0. The molecule has 1 aromatic rings. The lowest BCUT2D eigenvalue weighted by atomic mass is 9.82. The first-order chi connectivity index (χ1) is 12.7. The van der Waals surface area contributed by atoms with E-state index in [0.717, 1.165) is 12.1 Å². The summed E-state index contributed by atoms with van der Waals surface area (Å²) in [5, 5.41) is 9.85. The molecule has 1 nitrogen and oxygen atoms in total. The maximum Gasteiger partial charge on any atom is 0.460 e. The van der Waals surface area contributed by atoms with E-state index in [0.29, 0.717) is 0 Å². The maximum atomic E-state index is 14.2. The predicted molar refractivity (Wildman–Crippen MR) is 69.6 cm³/mol. The van der Waals surface area contributed by atoms with E-state index >= 15 is 0 Å². The molecule has 0 aromatic heterocycles. The van der Waals surface area contributed by atoms with E-state index in [4.69, 9.17) is 0 Å². The van der Waals surface area contributed by atoms with Crippen LogP contribution in [0.1, 0.15) is 11.1 Å². The first-order valence-corrected chi connectivity index (χ1v) is 7.42. The van der Waals surface area contributed by atoms with Crippen LogP contribution in [0, 0.1) is 0 Å². The summed E-state index contributed by atoms with van der Waals surface area (Å²) < 4.78 is 172. The van der Waals surface area contributed by atoms with Crippen molar-refractivity contribution >= 4 is 0 Å². The predicted octanol–water partition coefficient (Wildman–Crippen LogP) is 5.26. The monoisotopic (exact) mass is 452 g/mol. The Labute approximate surface area is 153 Å². The molecule has 1 N–H and O–H groups in total. The van der Waals surface area contributed by atoms with Crippen molar-refractivity contribution in [1.82, 2.24) is 0 Å². The molecule has 14 heteroatoms. The van der Waals surface area contributed by atoms with Crippen molar-refractivity contribution in [3.63, 3.8) is 0 Å². The molecule has 1 aliphatic carbocycles. The van der Waals surface area contributed by atoms with Gasteiger partial charge in [0.2, 0.25) is 0 Å². The van der Waals surface area contributed by atoms with Crippen LogP contribution in [0.3, 0.4) is 0 Å². The van der Waals surface area contributed by atoms with Gasteiger partial charge in [-0.25, -0.2) is 0 Å². The first kappa shape index (κ1) is 23.5. The van der Waals surface area contributed by atoms with E-state index in [1.165, 1.54) is 12.1 Å². The average molecular weight is 452 g/mol. The molecule has 2 rings (SSSR count). The Morgan fingerprint density at radius 3 is 1.28 bits per heavy atom. The van der Waals surface area contributed by atoms with Crippen LogP contribution in [0.25, 0.3) is 0 Å². The Hall–Kier alpha value is -1.73. The molecule has 0 amide bonds. The van der Waals surface area contributed by atoms with Crippen LogP contribution in [-0.4, -0.2) is 46.5 Å². The van der Waals surface area contributed by atoms with Crippen LogP contribution in [0.5, 0.6) is 0 Å². The van der Waals surface area contributed by atoms with Crippen LogP contribution < -0.4 is 0 Å². The van der Waals surface area contributed by atoms with Crippen LogP contribution >= 0.6 is 0 Å². The molecule has 0 aliphatic heterocycles. The summed E-state index contributed by atoms with van der Waals surface area (Å²) in [6.07, 6.45) is -10.4. The third kappa shape index (κ3) is 2.88. The molecule has 29 heavy (non-hydrogen) atoms. The topological polar surface area (TPSA) is 20.2 Å². The van der Waals surface area contributed by atoms with Crippen LogP contribution in [-0.2, 0) is 12.8 Å². The Kier molecular flexibility index (Phi) is 4.99. The van der Waals surface area contributed by atoms with E-state index in [1.54, 1.807) is 0 Å². The highest BCUT2D eigenvalue weighted by molar-refractivity contribution is 5.37. The second kappa shape index (κ2) is 6.14.